The van der Waals surface area contributed by atoms with Crippen molar-refractivity contribution in [2.45, 2.75) is 56.4 Å². The molecule has 1 fully saturated rings. The average molecular weight is 427 g/mol. The molecule has 0 aliphatic heterocycles. The summed E-state index contributed by atoms with van der Waals surface area (Å²) in [4.78, 5) is 4.67. The van der Waals surface area contributed by atoms with Crippen LogP contribution in [0.25, 0.3) is 10.9 Å². The van der Waals surface area contributed by atoms with Crippen LogP contribution in [0.4, 0.5) is 4.39 Å². The lowest BCUT2D eigenvalue weighted by molar-refractivity contribution is 0.281. The maximum absolute atomic E-state index is 13.8. The largest absolute Gasteiger partial charge is 0.256 e. The molecule has 30 heavy (non-hydrogen) atoms. The Balaban J connectivity index is 1.44. The third-order valence-electron chi connectivity index (χ3n) is 6.30. The molecule has 3 aromatic rings. The summed E-state index contributed by atoms with van der Waals surface area (Å²) in [5.41, 5.74) is 2.88. The summed E-state index contributed by atoms with van der Waals surface area (Å²) in [5.74, 6) is 0.379. The number of fused-ring (bicyclic) bond motifs is 1. The molecule has 1 N–H and O–H groups in total. The first-order valence-corrected chi connectivity index (χ1v) is 11.9. The molecule has 0 bridgehead atoms. The molecular weight excluding hydrogens is 399 g/mol. The van der Waals surface area contributed by atoms with Crippen LogP contribution in [-0.4, -0.2) is 19.4 Å². The van der Waals surface area contributed by atoms with Gasteiger partial charge in [-0.3, -0.25) is 4.98 Å². The Labute approximate surface area is 177 Å². The van der Waals surface area contributed by atoms with Gasteiger partial charge < -0.3 is 0 Å². The molecule has 1 heterocycles. The van der Waals surface area contributed by atoms with Gasteiger partial charge in [-0.05, 0) is 98.9 Å². The molecule has 0 spiro atoms. The van der Waals surface area contributed by atoms with Crippen LogP contribution in [0.1, 0.15) is 49.7 Å². The van der Waals surface area contributed by atoms with E-state index < -0.39 is 10.0 Å². The maximum atomic E-state index is 13.8. The number of hydrogen-bond acceptors (Lipinski definition) is 3. The Hall–Kier alpha value is -2.31. The second-order valence-corrected chi connectivity index (χ2v) is 10.1. The van der Waals surface area contributed by atoms with Gasteiger partial charge in [0.15, 0.2) is 0 Å². The zero-order chi connectivity index (χ0) is 21.3. The average Bonchev–Trinajstić information content (AvgIpc) is 2.73. The lowest BCUT2D eigenvalue weighted by Gasteiger charge is -2.33. The van der Waals surface area contributed by atoms with Gasteiger partial charge in [-0.25, -0.2) is 17.5 Å². The number of benzene rings is 2. The van der Waals surface area contributed by atoms with Crippen molar-refractivity contribution in [1.29, 1.82) is 0 Å². The highest BCUT2D eigenvalue weighted by atomic mass is 32.2. The van der Waals surface area contributed by atoms with E-state index in [1.165, 1.54) is 6.07 Å². The van der Waals surface area contributed by atoms with E-state index in [1.807, 2.05) is 26.0 Å². The molecule has 4 rings (SSSR count). The Morgan fingerprint density at radius 2 is 1.83 bits per heavy atom. The summed E-state index contributed by atoms with van der Waals surface area (Å²) < 4.78 is 42.2. The van der Waals surface area contributed by atoms with E-state index in [1.54, 1.807) is 36.5 Å². The highest BCUT2D eigenvalue weighted by molar-refractivity contribution is 7.89. The molecule has 1 aromatic heterocycles. The van der Waals surface area contributed by atoms with Crippen molar-refractivity contribution >= 4 is 20.9 Å². The minimum atomic E-state index is -3.53. The molecule has 0 amide bonds. The molecule has 1 saturated carbocycles. The second-order valence-electron chi connectivity index (χ2n) is 8.40. The van der Waals surface area contributed by atoms with Crippen molar-refractivity contribution in [1.82, 2.24) is 9.71 Å². The van der Waals surface area contributed by atoms with Crippen LogP contribution in [0.2, 0.25) is 0 Å². The van der Waals surface area contributed by atoms with Crippen molar-refractivity contribution in [3.8, 4) is 0 Å². The quantitative estimate of drug-likeness (QED) is 0.600. The van der Waals surface area contributed by atoms with Crippen LogP contribution in [0.15, 0.2) is 59.6 Å². The predicted molar refractivity (Wildman–Crippen MR) is 117 cm³/mol. The number of nitrogens with zero attached hydrogens (tertiary/aromatic N) is 1. The van der Waals surface area contributed by atoms with Crippen LogP contribution in [0, 0.1) is 18.7 Å². The summed E-state index contributed by atoms with van der Waals surface area (Å²) in [6.07, 6.45) is 5.57. The first-order chi connectivity index (χ1) is 14.3. The van der Waals surface area contributed by atoms with Crippen molar-refractivity contribution < 1.29 is 12.8 Å². The van der Waals surface area contributed by atoms with Gasteiger partial charge in [-0.2, -0.15) is 0 Å². The zero-order valence-corrected chi connectivity index (χ0v) is 18.1. The summed E-state index contributed by atoms with van der Waals surface area (Å²) in [6, 6.07) is 13.6. The number of rotatable bonds is 5. The second kappa shape index (κ2) is 8.44. The van der Waals surface area contributed by atoms with Gasteiger partial charge in [0.25, 0.3) is 0 Å². The summed E-state index contributed by atoms with van der Waals surface area (Å²) >= 11 is 0. The molecule has 4 nitrogen and oxygen atoms in total. The fraction of sp³-hybridized carbons (Fsp3) is 0.375. The number of hydrogen-bond donors (Lipinski definition) is 1. The molecule has 0 unspecified atom stereocenters. The minimum absolute atomic E-state index is 0.136. The van der Waals surface area contributed by atoms with Crippen molar-refractivity contribution in [2.75, 3.05) is 0 Å². The molecule has 158 valence electrons. The van der Waals surface area contributed by atoms with Gasteiger partial charge in [0.1, 0.15) is 5.82 Å². The topological polar surface area (TPSA) is 59.1 Å². The van der Waals surface area contributed by atoms with Crippen molar-refractivity contribution in [3.05, 3.63) is 71.7 Å². The molecule has 0 radical (unpaired) electrons. The number of sulfonamides is 1. The summed E-state index contributed by atoms with van der Waals surface area (Å²) in [7, 11) is -3.53. The van der Waals surface area contributed by atoms with E-state index in [0.29, 0.717) is 10.8 Å². The van der Waals surface area contributed by atoms with Crippen LogP contribution in [0.5, 0.6) is 0 Å². The number of aryl methyl sites for hydroxylation is 1. The van der Waals surface area contributed by atoms with E-state index in [0.717, 1.165) is 47.7 Å². The first kappa shape index (κ1) is 20.9. The van der Waals surface area contributed by atoms with Crippen LogP contribution < -0.4 is 4.72 Å². The third-order valence-corrected chi connectivity index (χ3v) is 7.85. The van der Waals surface area contributed by atoms with E-state index in [-0.39, 0.29) is 17.8 Å². The smallest absolute Gasteiger partial charge is 0.240 e. The maximum Gasteiger partial charge on any atom is 0.240 e. The zero-order valence-electron chi connectivity index (χ0n) is 17.3. The fourth-order valence-corrected chi connectivity index (χ4v) is 6.03. The van der Waals surface area contributed by atoms with Gasteiger partial charge in [0.05, 0.1) is 10.4 Å². The molecule has 6 heteroatoms. The van der Waals surface area contributed by atoms with Crippen molar-refractivity contribution in [3.63, 3.8) is 0 Å². The Bertz CT molecular complexity index is 1150. The van der Waals surface area contributed by atoms with Crippen LogP contribution >= 0.6 is 0 Å². The lowest BCUT2D eigenvalue weighted by Crippen LogP contribution is -2.39. The predicted octanol–water partition coefficient (Wildman–Crippen LogP) is 5.32. The van der Waals surface area contributed by atoms with E-state index in [9.17, 15) is 12.8 Å². The van der Waals surface area contributed by atoms with Crippen LogP contribution in [-0.2, 0) is 10.0 Å². The van der Waals surface area contributed by atoms with Crippen molar-refractivity contribution in [2.24, 2.45) is 5.92 Å². The lowest BCUT2D eigenvalue weighted by atomic mass is 9.76. The molecule has 2 aromatic carbocycles. The third kappa shape index (κ3) is 4.40. The first-order valence-electron chi connectivity index (χ1n) is 10.5. The molecule has 1 atom stereocenters. The summed E-state index contributed by atoms with van der Waals surface area (Å²) in [6.45, 7) is 3.84. The normalized spacial score (nSPS) is 20.9. The molecule has 0 saturated heterocycles. The van der Waals surface area contributed by atoms with E-state index >= 15 is 0 Å². The minimum Gasteiger partial charge on any atom is -0.256 e. The molecule has 1 aliphatic rings. The number of nitrogens with one attached hydrogen (secondary N) is 1. The number of halogens is 1. The number of aromatic nitrogens is 1. The monoisotopic (exact) mass is 426 g/mol. The highest BCUT2D eigenvalue weighted by Crippen LogP contribution is 2.39. The van der Waals surface area contributed by atoms with E-state index in [2.05, 4.69) is 9.71 Å². The Morgan fingerprint density at radius 1 is 1.07 bits per heavy atom. The summed E-state index contributed by atoms with van der Waals surface area (Å²) in [5, 5.41) is 0.883. The number of pyridine rings is 1. The Kier molecular flexibility index (Phi) is 5.89. The SMILES string of the molecule is Cc1cccc(S(=O)(=O)N[C@H](C)[C@H]2CC[C@@H](c3ccnc4ccc(F)cc43)CC2)c1. The van der Waals surface area contributed by atoms with Gasteiger partial charge in [0.2, 0.25) is 10.0 Å². The van der Waals surface area contributed by atoms with Crippen LogP contribution in [0.3, 0.4) is 0 Å². The van der Waals surface area contributed by atoms with E-state index in [4.69, 9.17) is 0 Å². The Morgan fingerprint density at radius 3 is 2.57 bits per heavy atom. The highest BCUT2D eigenvalue weighted by Gasteiger charge is 2.29. The van der Waals surface area contributed by atoms with Gasteiger partial charge >= 0.3 is 0 Å². The fourth-order valence-electron chi connectivity index (χ4n) is 4.62. The molecular formula is C24H27FN2O2S. The standard InChI is InChI=1S/C24H27FN2O2S/c1-16-4-3-5-21(14-16)30(28,29)27-17(2)18-6-8-19(9-7-18)22-12-13-26-24-11-10-20(25)15-23(22)24/h3-5,10-15,17-19,27H,6-9H2,1-2H3/t17-,18-,19+/m1/s1. The molecule has 1 aliphatic carbocycles. The van der Waals surface area contributed by atoms with Gasteiger partial charge in [-0.1, -0.05) is 12.1 Å². The van der Waals surface area contributed by atoms with Gasteiger partial charge in [-0.15, -0.1) is 0 Å². The van der Waals surface area contributed by atoms with Gasteiger partial charge in [0, 0.05) is 17.6 Å².